The van der Waals surface area contributed by atoms with Crippen molar-refractivity contribution in [3.8, 4) is 5.75 Å². The molecule has 3 amide bonds. The molecular weight excluding hydrogens is 464 g/mol. The van der Waals surface area contributed by atoms with Crippen LogP contribution in [-0.4, -0.2) is 73.0 Å². The van der Waals surface area contributed by atoms with Gasteiger partial charge in [0.05, 0.1) is 14.2 Å². The average Bonchev–Trinajstić information content (AvgIpc) is 3.59. The van der Waals surface area contributed by atoms with Gasteiger partial charge in [-0.1, -0.05) is 12.5 Å². The molecule has 0 bridgehead atoms. The van der Waals surface area contributed by atoms with Crippen molar-refractivity contribution in [2.45, 2.75) is 50.6 Å². The number of H-pyrrole nitrogens is 1. The normalized spacial score (nSPS) is 23.3. The van der Waals surface area contributed by atoms with Gasteiger partial charge in [0.25, 0.3) is 5.91 Å². The van der Waals surface area contributed by atoms with Crippen LogP contribution in [0.4, 0.5) is 0 Å². The minimum atomic E-state index is -0.955. The number of benzene rings is 1. The molecule has 3 aliphatic rings. The van der Waals surface area contributed by atoms with Crippen molar-refractivity contribution in [1.82, 2.24) is 20.5 Å². The number of fused-ring (bicyclic) bond motifs is 1. The average molecular weight is 497 g/mol. The molecule has 10 heteroatoms. The molecular formula is C26H32N4O6. The molecule has 3 N–H and O–H groups in total. The lowest BCUT2D eigenvalue weighted by molar-refractivity contribution is -0.146. The van der Waals surface area contributed by atoms with E-state index < -0.39 is 24.0 Å². The van der Waals surface area contributed by atoms with Crippen LogP contribution in [-0.2, 0) is 19.1 Å². The number of carbonyl (C=O) groups is 4. The molecule has 0 unspecified atom stereocenters. The maximum atomic E-state index is 13.7. The summed E-state index contributed by atoms with van der Waals surface area (Å²) in [5, 5.41) is 6.36. The van der Waals surface area contributed by atoms with Crippen LogP contribution >= 0.6 is 0 Å². The van der Waals surface area contributed by atoms with Crippen molar-refractivity contribution in [3.05, 3.63) is 30.0 Å². The summed E-state index contributed by atoms with van der Waals surface area (Å²) in [6, 6.07) is 5.64. The van der Waals surface area contributed by atoms with E-state index in [1.165, 1.54) is 7.11 Å². The fraction of sp³-hybridized carbons (Fsp3) is 0.538. The molecule has 2 saturated heterocycles. The van der Waals surface area contributed by atoms with Gasteiger partial charge in [-0.3, -0.25) is 14.4 Å². The topological polar surface area (TPSA) is 130 Å². The van der Waals surface area contributed by atoms with Crippen molar-refractivity contribution in [2.24, 2.45) is 11.3 Å². The highest BCUT2D eigenvalue weighted by Crippen LogP contribution is 2.50. The van der Waals surface area contributed by atoms with Gasteiger partial charge in [0.2, 0.25) is 11.8 Å². The van der Waals surface area contributed by atoms with Gasteiger partial charge in [0.1, 0.15) is 23.5 Å². The molecule has 5 rings (SSSR count). The fourth-order valence-corrected chi connectivity index (χ4v) is 5.90. The Balaban J connectivity index is 1.38. The van der Waals surface area contributed by atoms with E-state index in [1.54, 1.807) is 18.1 Å². The van der Waals surface area contributed by atoms with Crippen LogP contribution in [0.5, 0.6) is 5.75 Å². The maximum absolute atomic E-state index is 13.7. The van der Waals surface area contributed by atoms with Gasteiger partial charge >= 0.3 is 5.97 Å². The Morgan fingerprint density at radius 3 is 2.69 bits per heavy atom. The van der Waals surface area contributed by atoms with Crippen LogP contribution in [0.25, 0.3) is 10.9 Å². The Labute approximate surface area is 209 Å². The molecule has 3 heterocycles. The first-order chi connectivity index (χ1) is 17.3. The van der Waals surface area contributed by atoms with Crippen molar-refractivity contribution >= 4 is 34.6 Å². The molecule has 1 saturated carbocycles. The molecule has 192 valence electrons. The quantitative estimate of drug-likeness (QED) is 0.501. The number of hydrogen-bond acceptors (Lipinski definition) is 6. The Kier molecular flexibility index (Phi) is 6.36. The third-order valence-corrected chi connectivity index (χ3v) is 8.05. The highest BCUT2D eigenvalue weighted by Gasteiger charge is 2.52. The van der Waals surface area contributed by atoms with Crippen molar-refractivity contribution in [2.75, 3.05) is 27.3 Å². The molecule has 3 fully saturated rings. The summed E-state index contributed by atoms with van der Waals surface area (Å²) in [5.74, 6) is -1.09. The van der Waals surface area contributed by atoms with Gasteiger partial charge in [0, 0.05) is 29.9 Å². The van der Waals surface area contributed by atoms with E-state index in [-0.39, 0.29) is 29.6 Å². The molecule has 1 aliphatic carbocycles. The standard InChI is InChI=1S/C26H32N4O6/c1-35-21-6-3-5-17-16(21)12-18(28-17)24(33)30-14-26(8-4-9-26)13-20(30)23(32)29-19(25(34)36-2)11-15-7-10-27-22(15)31/h3,5-6,12,15,19-20,28H,4,7-11,13-14H2,1-2H3,(H,27,31)(H,29,32)/t15-,19-,20-/m0/s1. The van der Waals surface area contributed by atoms with Gasteiger partial charge in [-0.2, -0.15) is 0 Å². The number of ether oxygens (including phenoxy) is 2. The zero-order chi connectivity index (χ0) is 25.4. The van der Waals surface area contributed by atoms with Crippen molar-refractivity contribution < 1.29 is 28.7 Å². The molecule has 36 heavy (non-hydrogen) atoms. The number of amides is 3. The number of nitrogens with zero attached hydrogens (tertiary/aromatic N) is 1. The molecule has 3 atom stereocenters. The largest absolute Gasteiger partial charge is 0.496 e. The first-order valence-corrected chi connectivity index (χ1v) is 12.5. The summed E-state index contributed by atoms with van der Waals surface area (Å²) in [7, 11) is 2.84. The Morgan fingerprint density at radius 2 is 2.06 bits per heavy atom. The Bertz CT molecular complexity index is 1200. The number of nitrogens with one attached hydrogen (secondary N) is 3. The lowest BCUT2D eigenvalue weighted by atomic mass is 9.67. The molecule has 1 aromatic carbocycles. The minimum absolute atomic E-state index is 0.0759. The lowest BCUT2D eigenvalue weighted by Crippen LogP contribution is -2.51. The molecule has 10 nitrogen and oxygen atoms in total. The number of carbonyl (C=O) groups excluding carboxylic acids is 4. The third-order valence-electron chi connectivity index (χ3n) is 8.05. The Hall–Kier alpha value is -3.56. The third kappa shape index (κ3) is 4.29. The van der Waals surface area contributed by atoms with Crippen molar-refractivity contribution in [1.29, 1.82) is 0 Å². The predicted molar refractivity (Wildman–Crippen MR) is 130 cm³/mol. The monoisotopic (exact) mass is 496 g/mol. The summed E-state index contributed by atoms with van der Waals surface area (Å²) in [6.07, 6.45) is 4.31. The maximum Gasteiger partial charge on any atom is 0.328 e. The summed E-state index contributed by atoms with van der Waals surface area (Å²) < 4.78 is 10.3. The van der Waals surface area contributed by atoms with E-state index in [2.05, 4.69) is 15.6 Å². The second-order valence-electron chi connectivity index (χ2n) is 10.2. The highest BCUT2D eigenvalue weighted by molar-refractivity contribution is 6.02. The Morgan fingerprint density at radius 1 is 1.25 bits per heavy atom. The summed E-state index contributed by atoms with van der Waals surface area (Å²) in [4.78, 5) is 56.6. The number of aromatic nitrogens is 1. The van der Waals surface area contributed by atoms with Crippen LogP contribution in [0.1, 0.15) is 49.0 Å². The molecule has 2 aromatic rings. The minimum Gasteiger partial charge on any atom is -0.496 e. The first-order valence-electron chi connectivity index (χ1n) is 12.5. The van der Waals surface area contributed by atoms with E-state index >= 15 is 0 Å². The van der Waals surface area contributed by atoms with E-state index in [4.69, 9.17) is 9.47 Å². The lowest BCUT2D eigenvalue weighted by Gasteiger charge is -2.37. The molecule has 0 radical (unpaired) electrons. The van der Waals surface area contributed by atoms with Gasteiger partial charge in [-0.25, -0.2) is 4.79 Å². The van der Waals surface area contributed by atoms with E-state index in [0.29, 0.717) is 37.4 Å². The van der Waals surface area contributed by atoms with Crippen LogP contribution in [0, 0.1) is 11.3 Å². The van der Waals surface area contributed by atoms with Crippen LogP contribution in [0.2, 0.25) is 0 Å². The molecule has 1 spiro atoms. The van der Waals surface area contributed by atoms with Crippen molar-refractivity contribution in [3.63, 3.8) is 0 Å². The number of likely N-dealkylation sites (tertiary alicyclic amines) is 1. The fourth-order valence-electron chi connectivity index (χ4n) is 5.90. The van der Waals surface area contributed by atoms with E-state index in [0.717, 1.165) is 30.2 Å². The molecule has 1 aromatic heterocycles. The first kappa shape index (κ1) is 24.1. The van der Waals surface area contributed by atoms with Gasteiger partial charge in [-0.05, 0) is 55.7 Å². The summed E-state index contributed by atoms with van der Waals surface area (Å²) in [6.45, 7) is 1.04. The van der Waals surface area contributed by atoms with Gasteiger partial charge in [0.15, 0.2) is 0 Å². The summed E-state index contributed by atoms with van der Waals surface area (Å²) in [5.41, 5.74) is 1.08. The zero-order valence-electron chi connectivity index (χ0n) is 20.6. The van der Waals surface area contributed by atoms with Crippen LogP contribution in [0.15, 0.2) is 24.3 Å². The number of aromatic amines is 1. The zero-order valence-corrected chi connectivity index (χ0v) is 20.6. The number of rotatable bonds is 7. The number of esters is 1. The smallest absolute Gasteiger partial charge is 0.328 e. The van der Waals surface area contributed by atoms with E-state index in [1.807, 2.05) is 18.2 Å². The summed E-state index contributed by atoms with van der Waals surface area (Å²) >= 11 is 0. The van der Waals surface area contributed by atoms with E-state index in [9.17, 15) is 19.2 Å². The van der Waals surface area contributed by atoms with Gasteiger partial charge in [-0.15, -0.1) is 0 Å². The van der Waals surface area contributed by atoms with Crippen LogP contribution < -0.4 is 15.4 Å². The second kappa shape index (κ2) is 9.48. The van der Waals surface area contributed by atoms with Crippen LogP contribution in [0.3, 0.4) is 0 Å². The van der Waals surface area contributed by atoms with Gasteiger partial charge < -0.3 is 30.0 Å². The number of methoxy groups -OCH3 is 2. The SMILES string of the molecule is COC(=O)[C@H](C[C@@H]1CCNC1=O)NC(=O)[C@@H]1CC2(CCC2)CN1C(=O)c1cc2c(OC)cccc2[nH]1. The highest BCUT2D eigenvalue weighted by atomic mass is 16.5. The molecule has 2 aliphatic heterocycles. The second-order valence-corrected chi connectivity index (χ2v) is 10.2. The number of hydrogen-bond donors (Lipinski definition) is 3. The predicted octanol–water partition coefficient (Wildman–Crippen LogP) is 1.75.